The first kappa shape index (κ1) is 13.4. The molecule has 1 aromatic carbocycles. The van der Waals surface area contributed by atoms with E-state index in [9.17, 15) is 13.9 Å². The first-order chi connectivity index (χ1) is 8.52. The van der Waals surface area contributed by atoms with E-state index in [0.29, 0.717) is 12.8 Å². The first-order valence-electron chi connectivity index (χ1n) is 6.21. The minimum absolute atomic E-state index is 0.160. The van der Waals surface area contributed by atoms with Crippen molar-refractivity contribution in [1.29, 1.82) is 0 Å². The molecule has 0 amide bonds. The normalized spacial score (nSPS) is 28.3. The Morgan fingerprint density at radius 3 is 2.61 bits per heavy atom. The summed E-state index contributed by atoms with van der Waals surface area (Å²) in [6.45, 7) is 0. The summed E-state index contributed by atoms with van der Waals surface area (Å²) >= 11 is 0. The lowest BCUT2D eigenvalue weighted by atomic mass is 9.79. The van der Waals surface area contributed by atoms with Crippen LogP contribution in [-0.4, -0.2) is 23.9 Å². The maximum Gasteiger partial charge on any atom is 0.126 e. The van der Waals surface area contributed by atoms with Crippen molar-refractivity contribution in [2.24, 2.45) is 0 Å². The second-order valence-corrected chi connectivity index (χ2v) is 5.07. The minimum Gasteiger partial charge on any atom is -0.390 e. The van der Waals surface area contributed by atoms with Crippen LogP contribution in [0.1, 0.15) is 31.2 Å². The van der Waals surface area contributed by atoms with Gasteiger partial charge in [-0.15, -0.1) is 0 Å². The molecule has 0 radical (unpaired) electrons. The van der Waals surface area contributed by atoms with Crippen molar-refractivity contribution in [1.82, 2.24) is 0 Å². The van der Waals surface area contributed by atoms with E-state index in [1.54, 1.807) is 7.11 Å². The highest BCUT2D eigenvalue weighted by atomic mass is 19.1. The molecule has 1 fully saturated rings. The van der Waals surface area contributed by atoms with E-state index < -0.39 is 17.2 Å². The molecular weight excluding hydrogens is 238 g/mol. The molecule has 1 aliphatic carbocycles. The number of ether oxygens (including phenoxy) is 1. The van der Waals surface area contributed by atoms with Crippen molar-refractivity contribution in [3.8, 4) is 0 Å². The third-order valence-corrected chi connectivity index (χ3v) is 3.72. The highest BCUT2D eigenvalue weighted by Crippen LogP contribution is 2.33. The van der Waals surface area contributed by atoms with Crippen LogP contribution >= 0.6 is 0 Å². The van der Waals surface area contributed by atoms with Crippen LogP contribution in [0.2, 0.25) is 0 Å². The number of aliphatic hydroxyl groups is 1. The van der Waals surface area contributed by atoms with Gasteiger partial charge in [-0.2, -0.15) is 0 Å². The lowest BCUT2D eigenvalue weighted by Crippen LogP contribution is -2.38. The monoisotopic (exact) mass is 256 g/mol. The number of benzene rings is 1. The van der Waals surface area contributed by atoms with Crippen LogP contribution in [0.3, 0.4) is 0 Å². The van der Waals surface area contributed by atoms with Crippen molar-refractivity contribution >= 4 is 0 Å². The molecule has 2 rings (SSSR count). The number of hydrogen-bond donors (Lipinski definition) is 1. The smallest absolute Gasteiger partial charge is 0.126 e. The number of hydrogen-bond acceptors (Lipinski definition) is 2. The van der Waals surface area contributed by atoms with Gasteiger partial charge in [-0.3, -0.25) is 0 Å². The van der Waals surface area contributed by atoms with Gasteiger partial charge in [0.25, 0.3) is 0 Å². The fraction of sp³-hybridized carbons (Fsp3) is 0.571. The number of rotatable bonds is 3. The largest absolute Gasteiger partial charge is 0.390 e. The lowest BCUT2D eigenvalue weighted by Gasteiger charge is -2.35. The van der Waals surface area contributed by atoms with Crippen LogP contribution in [0, 0.1) is 11.6 Å². The van der Waals surface area contributed by atoms with Crippen LogP contribution in [-0.2, 0) is 11.2 Å². The molecule has 0 heterocycles. The summed E-state index contributed by atoms with van der Waals surface area (Å²) in [6.07, 6.45) is 2.95. The van der Waals surface area contributed by atoms with E-state index in [0.717, 1.165) is 31.0 Å². The van der Waals surface area contributed by atoms with Crippen molar-refractivity contribution < 1.29 is 18.6 Å². The van der Waals surface area contributed by atoms with Gasteiger partial charge in [0.2, 0.25) is 0 Å². The summed E-state index contributed by atoms with van der Waals surface area (Å²) in [7, 11) is 1.65. The maximum atomic E-state index is 13.5. The lowest BCUT2D eigenvalue weighted by molar-refractivity contribution is -0.0431. The van der Waals surface area contributed by atoms with Crippen molar-refractivity contribution in [3.63, 3.8) is 0 Å². The summed E-state index contributed by atoms with van der Waals surface area (Å²) in [5, 5.41) is 10.4. The zero-order valence-electron chi connectivity index (χ0n) is 10.5. The second kappa shape index (κ2) is 5.33. The van der Waals surface area contributed by atoms with Crippen LogP contribution in [0.4, 0.5) is 8.78 Å². The molecule has 1 aromatic rings. The predicted molar refractivity (Wildman–Crippen MR) is 64.3 cm³/mol. The molecule has 0 spiro atoms. The van der Waals surface area contributed by atoms with E-state index in [2.05, 4.69) is 0 Å². The second-order valence-electron chi connectivity index (χ2n) is 5.07. The van der Waals surface area contributed by atoms with Gasteiger partial charge in [-0.25, -0.2) is 8.78 Å². The van der Waals surface area contributed by atoms with E-state index in [-0.39, 0.29) is 18.1 Å². The van der Waals surface area contributed by atoms with Gasteiger partial charge in [0.15, 0.2) is 0 Å². The van der Waals surface area contributed by atoms with Crippen LogP contribution < -0.4 is 0 Å². The standard InChI is InChI=1S/C14H18F2O2/c1-18-12-4-6-14(17,7-5-12)9-10-8-11(15)2-3-13(10)16/h2-3,8,12,17H,4-7,9H2,1H3. The Hall–Kier alpha value is -1.00. The van der Waals surface area contributed by atoms with Crippen LogP contribution in [0.25, 0.3) is 0 Å². The maximum absolute atomic E-state index is 13.5. The third-order valence-electron chi connectivity index (χ3n) is 3.72. The molecule has 0 atom stereocenters. The fourth-order valence-electron chi connectivity index (χ4n) is 2.57. The molecule has 4 heteroatoms. The van der Waals surface area contributed by atoms with Gasteiger partial charge < -0.3 is 9.84 Å². The summed E-state index contributed by atoms with van der Waals surface area (Å²) in [4.78, 5) is 0. The van der Waals surface area contributed by atoms with Crippen molar-refractivity contribution in [3.05, 3.63) is 35.4 Å². The Balaban J connectivity index is 2.06. The van der Waals surface area contributed by atoms with Gasteiger partial charge in [-0.1, -0.05) is 0 Å². The summed E-state index contributed by atoms with van der Waals surface area (Å²) < 4.78 is 31.8. The zero-order valence-corrected chi connectivity index (χ0v) is 10.5. The highest BCUT2D eigenvalue weighted by Gasteiger charge is 2.34. The molecule has 1 N–H and O–H groups in total. The Bertz CT molecular complexity index is 412. The molecule has 0 saturated heterocycles. The third kappa shape index (κ3) is 3.06. The summed E-state index contributed by atoms with van der Waals surface area (Å²) in [6, 6.07) is 3.36. The topological polar surface area (TPSA) is 29.5 Å². The van der Waals surface area contributed by atoms with Gasteiger partial charge in [0.05, 0.1) is 11.7 Å². The molecule has 1 saturated carbocycles. The molecule has 18 heavy (non-hydrogen) atoms. The Morgan fingerprint density at radius 1 is 1.33 bits per heavy atom. The average molecular weight is 256 g/mol. The van der Waals surface area contributed by atoms with Gasteiger partial charge in [0, 0.05) is 13.5 Å². The van der Waals surface area contributed by atoms with Gasteiger partial charge in [0.1, 0.15) is 11.6 Å². The first-order valence-corrected chi connectivity index (χ1v) is 6.21. The molecule has 1 aliphatic rings. The molecule has 100 valence electrons. The number of halogens is 2. The van der Waals surface area contributed by atoms with Crippen molar-refractivity contribution in [2.45, 2.75) is 43.8 Å². The Kier molecular flexibility index (Phi) is 3.97. The van der Waals surface area contributed by atoms with Crippen LogP contribution in [0.15, 0.2) is 18.2 Å². The van der Waals surface area contributed by atoms with Crippen molar-refractivity contribution in [2.75, 3.05) is 7.11 Å². The molecule has 0 aliphatic heterocycles. The Morgan fingerprint density at radius 2 is 2.00 bits per heavy atom. The summed E-state index contributed by atoms with van der Waals surface area (Å²) in [5.74, 6) is -0.931. The molecule has 2 nitrogen and oxygen atoms in total. The van der Waals surface area contributed by atoms with E-state index in [1.807, 2.05) is 0 Å². The minimum atomic E-state index is -0.941. The van der Waals surface area contributed by atoms with E-state index >= 15 is 0 Å². The predicted octanol–water partition coefficient (Wildman–Crippen LogP) is 2.83. The molecule has 0 aromatic heterocycles. The highest BCUT2D eigenvalue weighted by molar-refractivity contribution is 5.21. The fourth-order valence-corrected chi connectivity index (χ4v) is 2.57. The van der Waals surface area contributed by atoms with Gasteiger partial charge in [-0.05, 0) is 49.4 Å². The SMILES string of the molecule is COC1CCC(O)(Cc2cc(F)ccc2F)CC1. The number of methoxy groups -OCH3 is 1. The van der Waals surface area contributed by atoms with Crippen LogP contribution in [0.5, 0.6) is 0 Å². The Labute approximate surface area is 106 Å². The van der Waals surface area contributed by atoms with E-state index in [4.69, 9.17) is 4.74 Å². The average Bonchev–Trinajstić information content (AvgIpc) is 2.35. The molecule has 0 bridgehead atoms. The summed E-state index contributed by atoms with van der Waals surface area (Å²) in [5.41, 5.74) is -0.697. The van der Waals surface area contributed by atoms with E-state index in [1.165, 1.54) is 0 Å². The molecular formula is C14H18F2O2. The quantitative estimate of drug-likeness (QED) is 0.901. The van der Waals surface area contributed by atoms with Gasteiger partial charge >= 0.3 is 0 Å². The zero-order chi connectivity index (χ0) is 13.2. The molecule has 0 unspecified atom stereocenters.